The van der Waals surface area contributed by atoms with Gasteiger partial charge in [0.05, 0.1) is 26.4 Å². The predicted octanol–water partition coefficient (Wildman–Crippen LogP) is 2.22. The van der Waals surface area contributed by atoms with Crippen molar-refractivity contribution in [2.45, 2.75) is 32.2 Å². The molecule has 0 radical (unpaired) electrons. The normalized spacial score (nSPS) is 24.3. The summed E-state index contributed by atoms with van der Waals surface area (Å²) in [6, 6.07) is 3.74. The molecule has 0 saturated heterocycles. The zero-order chi connectivity index (χ0) is 12.6. The van der Waals surface area contributed by atoms with Crippen molar-refractivity contribution in [3.05, 3.63) is 23.3 Å². The maximum atomic E-state index is 9.74. The molecule has 0 aromatic heterocycles. The van der Waals surface area contributed by atoms with Gasteiger partial charge < -0.3 is 19.3 Å². The van der Waals surface area contributed by atoms with Crippen molar-refractivity contribution in [3.63, 3.8) is 0 Å². The van der Waals surface area contributed by atoms with Crippen LogP contribution >= 0.6 is 0 Å². The highest BCUT2D eigenvalue weighted by Gasteiger charge is 2.35. The molecule has 0 amide bonds. The molecule has 1 aromatic carbocycles. The molecule has 2 rings (SSSR count). The van der Waals surface area contributed by atoms with Crippen molar-refractivity contribution in [2.24, 2.45) is 0 Å². The van der Waals surface area contributed by atoms with Crippen molar-refractivity contribution < 1.29 is 19.3 Å². The molecule has 0 fully saturated rings. The van der Waals surface area contributed by atoms with Gasteiger partial charge in [-0.05, 0) is 25.5 Å². The summed E-state index contributed by atoms with van der Waals surface area (Å²) < 4.78 is 16.3. The lowest BCUT2D eigenvalue weighted by molar-refractivity contribution is -0.0477. The Hall–Kier alpha value is -1.26. The number of fused-ring (bicyclic) bond motifs is 1. The second-order valence-electron chi connectivity index (χ2n) is 4.27. The number of aliphatic hydroxyl groups excluding tert-OH is 1. The first-order valence-electron chi connectivity index (χ1n) is 5.67. The maximum Gasteiger partial charge on any atom is 0.128 e. The summed E-state index contributed by atoms with van der Waals surface area (Å²) in [4.78, 5) is 0. The second kappa shape index (κ2) is 4.55. The van der Waals surface area contributed by atoms with Gasteiger partial charge in [0.2, 0.25) is 0 Å². The fourth-order valence-electron chi connectivity index (χ4n) is 2.31. The summed E-state index contributed by atoms with van der Waals surface area (Å²) in [5, 5.41) is 9.74. The third-order valence-electron chi connectivity index (χ3n) is 3.11. The molecule has 1 aliphatic rings. The van der Waals surface area contributed by atoms with Gasteiger partial charge in [-0.25, -0.2) is 0 Å². The molecule has 0 unspecified atom stereocenters. The van der Waals surface area contributed by atoms with Crippen LogP contribution in [-0.2, 0) is 4.74 Å². The Morgan fingerprint density at radius 3 is 2.53 bits per heavy atom. The molecular weight excluding hydrogens is 220 g/mol. The first-order chi connectivity index (χ1) is 8.08. The highest BCUT2D eigenvalue weighted by molar-refractivity contribution is 5.50. The zero-order valence-corrected chi connectivity index (χ0v) is 10.6. The average Bonchev–Trinajstić information content (AvgIpc) is 2.66. The summed E-state index contributed by atoms with van der Waals surface area (Å²) in [6.45, 7) is 3.68. The number of aliphatic hydroxyl groups is 1. The molecule has 0 spiro atoms. The minimum Gasteiger partial charge on any atom is -0.497 e. The van der Waals surface area contributed by atoms with Gasteiger partial charge in [0.15, 0.2) is 0 Å². The molecule has 1 aromatic rings. The van der Waals surface area contributed by atoms with Crippen LogP contribution in [0.5, 0.6) is 11.5 Å². The molecule has 1 heterocycles. The summed E-state index contributed by atoms with van der Waals surface area (Å²) in [7, 11) is 3.23. The number of hydrogen-bond donors (Lipinski definition) is 1. The molecule has 1 N–H and O–H groups in total. The largest absolute Gasteiger partial charge is 0.497 e. The van der Waals surface area contributed by atoms with Crippen molar-refractivity contribution >= 4 is 0 Å². The van der Waals surface area contributed by atoms with Crippen molar-refractivity contribution in [2.75, 3.05) is 14.2 Å². The molecule has 0 bridgehead atoms. The van der Waals surface area contributed by atoms with E-state index in [1.807, 2.05) is 19.1 Å². The van der Waals surface area contributed by atoms with Gasteiger partial charge in [0, 0.05) is 11.6 Å². The van der Waals surface area contributed by atoms with E-state index in [2.05, 4.69) is 0 Å². The Morgan fingerprint density at radius 2 is 2.00 bits per heavy atom. The maximum absolute atomic E-state index is 9.74. The Balaban J connectivity index is 2.55. The first-order valence-corrected chi connectivity index (χ1v) is 5.67. The minimum absolute atomic E-state index is 0.0783. The van der Waals surface area contributed by atoms with Gasteiger partial charge in [-0.1, -0.05) is 0 Å². The Labute approximate surface area is 101 Å². The molecule has 4 heteroatoms. The third-order valence-corrected chi connectivity index (χ3v) is 3.11. The summed E-state index contributed by atoms with van der Waals surface area (Å²) in [5.41, 5.74) is 1.95. The summed E-state index contributed by atoms with van der Waals surface area (Å²) in [5.74, 6) is 1.46. The van der Waals surface area contributed by atoms with Gasteiger partial charge in [-0.2, -0.15) is 0 Å². The van der Waals surface area contributed by atoms with Crippen LogP contribution in [0.25, 0.3) is 0 Å². The van der Waals surface area contributed by atoms with Gasteiger partial charge in [0.1, 0.15) is 17.6 Å². The van der Waals surface area contributed by atoms with E-state index >= 15 is 0 Å². The van der Waals surface area contributed by atoms with Crippen LogP contribution < -0.4 is 9.47 Å². The summed E-state index contributed by atoms with van der Waals surface area (Å²) >= 11 is 0. The van der Waals surface area contributed by atoms with E-state index in [9.17, 15) is 5.11 Å². The van der Waals surface area contributed by atoms with Crippen LogP contribution in [0.1, 0.15) is 37.2 Å². The molecule has 1 aliphatic heterocycles. The Bertz CT molecular complexity index is 414. The van der Waals surface area contributed by atoms with E-state index in [-0.39, 0.29) is 12.2 Å². The smallest absolute Gasteiger partial charge is 0.128 e. The van der Waals surface area contributed by atoms with E-state index in [1.54, 1.807) is 21.1 Å². The van der Waals surface area contributed by atoms with E-state index < -0.39 is 6.10 Å². The Morgan fingerprint density at radius 1 is 1.29 bits per heavy atom. The highest BCUT2D eigenvalue weighted by atomic mass is 16.5. The fraction of sp³-hybridized carbons (Fsp3) is 0.538. The monoisotopic (exact) mass is 238 g/mol. The highest BCUT2D eigenvalue weighted by Crippen LogP contribution is 2.46. The van der Waals surface area contributed by atoms with Gasteiger partial charge in [-0.3, -0.25) is 0 Å². The van der Waals surface area contributed by atoms with Crippen LogP contribution in [-0.4, -0.2) is 25.4 Å². The standard InChI is InChI=1S/C13H18O4/c1-7(14)13-10-5-9(15-3)6-11(16-4)12(10)8(2)17-13/h5-8,13-14H,1-4H3/t7-,8+,13+/m0/s1. The SMILES string of the molecule is COc1cc(OC)c2c(c1)[C@@H]([C@H](C)O)O[C@@H]2C. The lowest BCUT2D eigenvalue weighted by Crippen LogP contribution is -2.13. The number of benzene rings is 1. The topological polar surface area (TPSA) is 47.9 Å². The average molecular weight is 238 g/mol. The zero-order valence-electron chi connectivity index (χ0n) is 10.6. The van der Waals surface area contributed by atoms with Crippen LogP contribution in [0.3, 0.4) is 0 Å². The molecular formula is C13H18O4. The van der Waals surface area contributed by atoms with Gasteiger partial charge in [-0.15, -0.1) is 0 Å². The number of hydrogen-bond acceptors (Lipinski definition) is 4. The van der Waals surface area contributed by atoms with E-state index in [0.29, 0.717) is 5.75 Å². The number of methoxy groups -OCH3 is 2. The predicted molar refractivity (Wildman–Crippen MR) is 63.5 cm³/mol. The van der Waals surface area contributed by atoms with Crippen LogP contribution in [0.2, 0.25) is 0 Å². The van der Waals surface area contributed by atoms with E-state index in [0.717, 1.165) is 16.9 Å². The molecule has 94 valence electrons. The number of ether oxygens (including phenoxy) is 3. The molecule has 3 atom stereocenters. The van der Waals surface area contributed by atoms with Gasteiger partial charge >= 0.3 is 0 Å². The lowest BCUT2D eigenvalue weighted by Gasteiger charge is -2.15. The third kappa shape index (κ3) is 1.98. The van der Waals surface area contributed by atoms with Crippen LogP contribution in [0, 0.1) is 0 Å². The lowest BCUT2D eigenvalue weighted by atomic mass is 9.98. The van der Waals surface area contributed by atoms with Gasteiger partial charge in [0.25, 0.3) is 0 Å². The molecule has 0 saturated carbocycles. The van der Waals surface area contributed by atoms with E-state index in [4.69, 9.17) is 14.2 Å². The quantitative estimate of drug-likeness (QED) is 0.877. The van der Waals surface area contributed by atoms with Crippen molar-refractivity contribution in [3.8, 4) is 11.5 Å². The molecule has 4 nitrogen and oxygen atoms in total. The molecule has 0 aliphatic carbocycles. The van der Waals surface area contributed by atoms with Crippen molar-refractivity contribution in [1.29, 1.82) is 0 Å². The Kier molecular flexibility index (Phi) is 3.26. The molecule has 17 heavy (non-hydrogen) atoms. The first kappa shape index (κ1) is 12.2. The van der Waals surface area contributed by atoms with Crippen LogP contribution in [0.4, 0.5) is 0 Å². The minimum atomic E-state index is -0.560. The van der Waals surface area contributed by atoms with E-state index in [1.165, 1.54) is 0 Å². The summed E-state index contributed by atoms with van der Waals surface area (Å²) in [6.07, 6.45) is -0.954. The fourth-order valence-corrected chi connectivity index (χ4v) is 2.31. The number of rotatable bonds is 3. The van der Waals surface area contributed by atoms with Crippen LogP contribution in [0.15, 0.2) is 12.1 Å². The van der Waals surface area contributed by atoms with Crippen molar-refractivity contribution in [1.82, 2.24) is 0 Å². The second-order valence-corrected chi connectivity index (χ2v) is 4.27.